The molecule has 0 bridgehead atoms. The molecule has 5 heteroatoms. The second-order valence-electron chi connectivity index (χ2n) is 4.71. The van der Waals surface area contributed by atoms with Gasteiger partial charge in [0.1, 0.15) is 5.82 Å². The third-order valence-electron chi connectivity index (χ3n) is 3.47. The SMILES string of the molecule is CCSc1nnc(CC[NH2+]C2CCCC2)n1C. The van der Waals surface area contributed by atoms with Crippen molar-refractivity contribution in [3.05, 3.63) is 5.82 Å². The van der Waals surface area contributed by atoms with Crippen LogP contribution in [0.25, 0.3) is 0 Å². The third-order valence-corrected chi connectivity index (χ3v) is 4.37. The van der Waals surface area contributed by atoms with E-state index in [1.807, 2.05) is 0 Å². The number of aromatic nitrogens is 3. The predicted molar refractivity (Wildman–Crippen MR) is 70.2 cm³/mol. The van der Waals surface area contributed by atoms with Crippen molar-refractivity contribution in [1.29, 1.82) is 0 Å². The summed E-state index contributed by atoms with van der Waals surface area (Å²) >= 11 is 1.76. The van der Waals surface area contributed by atoms with Crippen LogP contribution in [0.5, 0.6) is 0 Å². The first-order chi connectivity index (χ1) is 8.31. The summed E-state index contributed by atoms with van der Waals surface area (Å²) in [6.07, 6.45) is 6.67. The summed E-state index contributed by atoms with van der Waals surface area (Å²) in [6.45, 7) is 3.29. The van der Waals surface area contributed by atoms with E-state index in [-0.39, 0.29) is 0 Å². The van der Waals surface area contributed by atoms with E-state index in [0.717, 1.165) is 35.7 Å². The zero-order chi connectivity index (χ0) is 12.1. The predicted octanol–water partition coefficient (Wildman–Crippen LogP) is 0.976. The first-order valence-electron chi connectivity index (χ1n) is 6.65. The van der Waals surface area contributed by atoms with Gasteiger partial charge in [0.05, 0.1) is 19.0 Å². The summed E-state index contributed by atoms with van der Waals surface area (Å²) in [4.78, 5) is 0. The van der Waals surface area contributed by atoms with Crippen molar-refractivity contribution in [2.24, 2.45) is 7.05 Å². The maximum absolute atomic E-state index is 4.27. The Balaban J connectivity index is 1.78. The third kappa shape index (κ3) is 3.45. The fraction of sp³-hybridized carbons (Fsp3) is 0.833. The molecule has 2 rings (SSSR count). The standard InChI is InChI=1S/C12H22N4S/c1-3-17-12-15-14-11(16(12)2)8-9-13-10-6-4-5-7-10/h10,13H,3-9H2,1-2H3/p+1. The minimum atomic E-state index is 0.868. The Morgan fingerprint density at radius 2 is 2.12 bits per heavy atom. The van der Waals surface area contributed by atoms with Crippen molar-refractivity contribution in [3.8, 4) is 0 Å². The molecule has 17 heavy (non-hydrogen) atoms. The van der Waals surface area contributed by atoms with E-state index in [0.29, 0.717) is 0 Å². The number of quaternary nitrogens is 1. The zero-order valence-corrected chi connectivity index (χ0v) is 11.7. The molecule has 1 saturated carbocycles. The highest BCUT2D eigenvalue weighted by Gasteiger charge is 2.17. The minimum Gasteiger partial charge on any atom is -0.343 e. The van der Waals surface area contributed by atoms with Crippen LogP contribution in [0.1, 0.15) is 38.4 Å². The number of rotatable bonds is 6. The van der Waals surface area contributed by atoms with Crippen molar-refractivity contribution in [2.45, 2.75) is 50.2 Å². The molecule has 0 unspecified atom stereocenters. The average molecular weight is 255 g/mol. The van der Waals surface area contributed by atoms with Crippen LogP contribution < -0.4 is 5.32 Å². The van der Waals surface area contributed by atoms with Gasteiger partial charge in [0.15, 0.2) is 5.16 Å². The van der Waals surface area contributed by atoms with E-state index in [1.54, 1.807) is 11.8 Å². The van der Waals surface area contributed by atoms with Crippen LogP contribution in [-0.2, 0) is 13.5 Å². The lowest BCUT2D eigenvalue weighted by Gasteiger charge is -2.08. The molecular weight excluding hydrogens is 232 g/mol. The van der Waals surface area contributed by atoms with Gasteiger partial charge in [0.2, 0.25) is 0 Å². The van der Waals surface area contributed by atoms with Gasteiger partial charge in [-0.05, 0) is 31.4 Å². The summed E-state index contributed by atoms with van der Waals surface area (Å²) < 4.78 is 2.14. The summed E-state index contributed by atoms with van der Waals surface area (Å²) in [7, 11) is 2.07. The average Bonchev–Trinajstić information content (AvgIpc) is 2.94. The Bertz CT molecular complexity index is 344. The van der Waals surface area contributed by atoms with Gasteiger partial charge in [-0.25, -0.2) is 0 Å². The van der Waals surface area contributed by atoms with Crippen molar-refractivity contribution < 1.29 is 5.32 Å². The molecule has 0 aliphatic heterocycles. The van der Waals surface area contributed by atoms with Crippen LogP contribution in [0.4, 0.5) is 0 Å². The van der Waals surface area contributed by atoms with Gasteiger partial charge in [0, 0.05) is 7.05 Å². The second-order valence-corrected chi connectivity index (χ2v) is 5.94. The minimum absolute atomic E-state index is 0.868. The molecule has 0 aromatic carbocycles. The Labute approximate surface area is 108 Å². The molecule has 0 amide bonds. The molecule has 0 atom stereocenters. The molecule has 0 radical (unpaired) electrons. The fourth-order valence-electron chi connectivity index (χ4n) is 2.46. The monoisotopic (exact) mass is 255 g/mol. The van der Waals surface area contributed by atoms with Gasteiger partial charge in [-0.3, -0.25) is 0 Å². The Kier molecular flexibility index (Phi) is 4.86. The Morgan fingerprint density at radius 1 is 1.35 bits per heavy atom. The molecule has 0 spiro atoms. The normalized spacial score (nSPS) is 16.8. The quantitative estimate of drug-likeness (QED) is 0.771. The fourth-order valence-corrected chi connectivity index (χ4v) is 3.11. The van der Waals surface area contributed by atoms with Crippen LogP contribution in [0.15, 0.2) is 5.16 Å². The van der Waals surface area contributed by atoms with E-state index in [2.05, 4.69) is 34.1 Å². The number of nitrogens with zero attached hydrogens (tertiary/aromatic N) is 3. The van der Waals surface area contributed by atoms with Gasteiger partial charge in [-0.2, -0.15) is 0 Å². The molecule has 1 aliphatic carbocycles. The van der Waals surface area contributed by atoms with Crippen LogP contribution >= 0.6 is 11.8 Å². The van der Waals surface area contributed by atoms with E-state index in [1.165, 1.54) is 25.7 Å². The van der Waals surface area contributed by atoms with E-state index in [4.69, 9.17) is 0 Å². The van der Waals surface area contributed by atoms with Crippen molar-refractivity contribution in [3.63, 3.8) is 0 Å². The molecule has 2 N–H and O–H groups in total. The second kappa shape index (κ2) is 6.40. The molecule has 96 valence electrons. The first kappa shape index (κ1) is 12.9. The molecule has 1 aromatic heterocycles. The zero-order valence-electron chi connectivity index (χ0n) is 10.9. The van der Waals surface area contributed by atoms with Crippen molar-refractivity contribution >= 4 is 11.8 Å². The van der Waals surface area contributed by atoms with Crippen LogP contribution in [0.2, 0.25) is 0 Å². The molecule has 0 saturated heterocycles. The molecular formula is C12H23N4S+. The molecule has 1 heterocycles. The lowest BCUT2D eigenvalue weighted by Crippen LogP contribution is -2.89. The van der Waals surface area contributed by atoms with Gasteiger partial charge >= 0.3 is 0 Å². The van der Waals surface area contributed by atoms with Crippen molar-refractivity contribution in [2.75, 3.05) is 12.3 Å². The van der Waals surface area contributed by atoms with Gasteiger partial charge in [-0.1, -0.05) is 18.7 Å². The molecule has 4 nitrogen and oxygen atoms in total. The number of thioether (sulfide) groups is 1. The van der Waals surface area contributed by atoms with Crippen LogP contribution in [-0.4, -0.2) is 33.1 Å². The number of hydrogen-bond acceptors (Lipinski definition) is 3. The van der Waals surface area contributed by atoms with E-state index in [9.17, 15) is 0 Å². The summed E-state index contributed by atoms with van der Waals surface area (Å²) in [6, 6.07) is 0.868. The lowest BCUT2D eigenvalue weighted by molar-refractivity contribution is -0.687. The van der Waals surface area contributed by atoms with Gasteiger partial charge < -0.3 is 9.88 Å². The smallest absolute Gasteiger partial charge is 0.190 e. The van der Waals surface area contributed by atoms with Crippen molar-refractivity contribution in [1.82, 2.24) is 14.8 Å². The van der Waals surface area contributed by atoms with Crippen LogP contribution in [0, 0.1) is 0 Å². The Morgan fingerprint density at radius 3 is 2.82 bits per heavy atom. The molecule has 1 aliphatic rings. The largest absolute Gasteiger partial charge is 0.343 e. The van der Waals surface area contributed by atoms with E-state index < -0.39 is 0 Å². The van der Waals surface area contributed by atoms with E-state index >= 15 is 0 Å². The summed E-state index contributed by atoms with van der Waals surface area (Å²) in [5, 5.41) is 12.0. The number of hydrogen-bond donors (Lipinski definition) is 1. The summed E-state index contributed by atoms with van der Waals surface area (Å²) in [5.41, 5.74) is 0. The Hall–Kier alpha value is -0.550. The van der Waals surface area contributed by atoms with Gasteiger partial charge in [0.25, 0.3) is 0 Å². The highest BCUT2D eigenvalue weighted by Crippen LogP contribution is 2.15. The molecule has 1 aromatic rings. The summed E-state index contributed by atoms with van der Waals surface area (Å²) in [5.74, 6) is 2.18. The number of nitrogens with two attached hydrogens (primary N) is 1. The first-order valence-corrected chi connectivity index (χ1v) is 7.64. The maximum Gasteiger partial charge on any atom is 0.190 e. The topological polar surface area (TPSA) is 47.3 Å². The van der Waals surface area contributed by atoms with Crippen LogP contribution in [0.3, 0.4) is 0 Å². The highest BCUT2D eigenvalue weighted by molar-refractivity contribution is 7.99. The molecule has 1 fully saturated rings. The van der Waals surface area contributed by atoms with Gasteiger partial charge in [-0.15, -0.1) is 10.2 Å². The maximum atomic E-state index is 4.27. The lowest BCUT2D eigenvalue weighted by atomic mass is 10.2. The highest BCUT2D eigenvalue weighted by atomic mass is 32.2.